The van der Waals surface area contributed by atoms with Crippen molar-refractivity contribution in [2.45, 2.75) is 6.92 Å². The topological polar surface area (TPSA) is 75.6 Å². The number of nitrogens with zero attached hydrogens (tertiary/aromatic N) is 1. The van der Waals surface area contributed by atoms with E-state index in [2.05, 4.69) is 10.5 Å². The average molecular weight is 292 g/mol. The Morgan fingerprint density at radius 2 is 1.45 bits per heavy atom. The van der Waals surface area contributed by atoms with E-state index >= 15 is 0 Å². The van der Waals surface area contributed by atoms with Gasteiger partial charge in [0.25, 0.3) is 0 Å². The summed E-state index contributed by atoms with van der Waals surface area (Å²) in [5.41, 5.74) is 3.10. The van der Waals surface area contributed by atoms with Crippen LogP contribution in [0.2, 0.25) is 0 Å². The van der Waals surface area contributed by atoms with Gasteiger partial charge in [-0.1, -0.05) is 24.3 Å². The SMILES string of the molecule is CC(=O)c1ccc(NN=c2c(=O)c3ccccc3c2=O)cc1. The maximum absolute atomic E-state index is 12.1. The Bertz CT molecular complexity index is 961. The third-order valence-electron chi connectivity index (χ3n) is 3.43. The van der Waals surface area contributed by atoms with E-state index in [9.17, 15) is 14.4 Å². The summed E-state index contributed by atoms with van der Waals surface area (Å²) in [5, 5.41) is 4.55. The summed E-state index contributed by atoms with van der Waals surface area (Å²) in [6.45, 7) is 1.48. The number of anilines is 1. The fraction of sp³-hybridized carbons (Fsp3) is 0.0588. The number of nitrogens with one attached hydrogen (secondary N) is 1. The highest BCUT2D eigenvalue weighted by atomic mass is 16.1. The molecular formula is C17H12N2O3. The predicted molar refractivity (Wildman–Crippen MR) is 84.5 cm³/mol. The third kappa shape index (κ3) is 2.33. The van der Waals surface area contributed by atoms with Gasteiger partial charge in [-0.05, 0) is 31.2 Å². The van der Waals surface area contributed by atoms with Crippen LogP contribution >= 0.6 is 0 Å². The number of hydrogen-bond donors (Lipinski definition) is 1. The molecule has 1 N–H and O–H groups in total. The number of ketones is 1. The lowest BCUT2D eigenvalue weighted by atomic mass is 10.1. The van der Waals surface area contributed by atoms with E-state index in [-0.39, 0.29) is 22.0 Å². The predicted octanol–water partition coefficient (Wildman–Crippen LogP) is 1.57. The largest absolute Gasteiger partial charge is 0.295 e. The molecule has 5 heteroatoms. The molecule has 0 saturated heterocycles. The monoisotopic (exact) mass is 292 g/mol. The van der Waals surface area contributed by atoms with E-state index in [1.165, 1.54) is 6.92 Å². The standard InChI is InChI=1S/C17H12N2O3/c1-10(20)11-6-8-12(9-7-11)18-19-15-16(21)13-4-2-3-5-14(13)17(15)22/h2-9,18H,1H3. The molecule has 22 heavy (non-hydrogen) atoms. The van der Waals surface area contributed by atoms with Gasteiger partial charge in [0.15, 0.2) is 11.1 Å². The summed E-state index contributed by atoms with van der Waals surface area (Å²) in [5.74, 6) is -0.0329. The van der Waals surface area contributed by atoms with Crippen molar-refractivity contribution < 1.29 is 4.79 Å². The second-order valence-electron chi connectivity index (χ2n) is 4.91. The lowest BCUT2D eigenvalue weighted by molar-refractivity contribution is 0.101. The highest BCUT2D eigenvalue weighted by Crippen LogP contribution is 2.09. The number of carbonyl (C=O) groups is 1. The van der Waals surface area contributed by atoms with Crippen molar-refractivity contribution in [1.29, 1.82) is 0 Å². The van der Waals surface area contributed by atoms with Gasteiger partial charge in [0.2, 0.25) is 10.9 Å². The van der Waals surface area contributed by atoms with Crippen LogP contribution in [0.4, 0.5) is 5.69 Å². The summed E-state index contributed by atoms with van der Waals surface area (Å²) in [6.07, 6.45) is 0. The normalized spacial score (nSPS) is 10.6. The molecule has 3 aromatic rings. The number of rotatable bonds is 3. The van der Waals surface area contributed by atoms with Crippen LogP contribution in [0.3, 0.4) is 0 Å². The Labute approximate surface area is 125 Å². The number of carbonyl (C=O) groups excluding carboxylic acids is 1. The van der Waals surface area contributed by atoms with Crippen LogP contribution in [0, 0.1) is 0 Å². The first kappa shape index (κ1) is 13.9. The molecule has 5 nitrogen and oxygen atoms in total. The van der Waals surface area contributed by atoms with Gasteiger partial charge in [-0.3, -0.25) is 19.8 Å². The van der Waals surface area contributed by atoms with E-state index in [0.717, 1.165) is 0 Å². The van der Waals surface area contributed by atoms with Crippen molar-refractivity contribution in [3.05, 3.63) is 79.9 Å². The maximum Gasteiger partial charge on any atom is 0.217 e. The van der Waals surface area contributed by atoms with Crippen LogP contribution in [0.15, 0.2) is 63.2 Å². The fourth-order valence-corrected chi connectivity index (χ4v) is 2.24. The fourth-order valence-electron chi connectivity index (χ4n) is 2.24. The zero-order valence-electron chi connectivity index (χ0n) is 11.8. The van der Waals surface area contributed by atoms with E-state index in [4.69, 9.17) is 0 Å². The van der Waals surface area contributed by atoms with E-state index in [1.54, 1.807) is 48.5 Å². The Morgan fingerprint density at radius 1 is 0.909 bits per heavy atom. The molecular weight excluding hydrogens is 280 g/mol. The first-order valence-electron chi connectivity index (χ1n) is 6.71. The molecule has 0 heterocycles. The Morgan fingerprint density at radius 3 is 1.95 bits per heavy atom. The van der Waals surface area contributed by atoms with Crippen LogP contribution in [0.5, 0.6) is 0 Å². The summed E-state index contributed by atoms with van der Waals surface area (Å²) >= 11 is 0. The van der Waals surface area contributed by atoms with Crippen molar-refractivity contribution in [1.82, 2.24) is 0 Å². The van der Waals surface area contributed by atoms with Gasteiger partial charge in [0.05, 0.1) is 5.69 Å². The van der Waals surface area contributed by atoms with Crippen LogP contribution < -0.4 is 21.6 Å². The van der Waals surface area contributed by atoms with Crippen molar-refractivity contribution in [2.24, 2.45) is 5.10 Å². The minimum Gasteiger partial charge on any atom is -0.295 e. The van der Waals surface area contributed by atoms with Gasteiger partial charge in [-0.2, -0.15) is 5.10 Å². The van der Waals surface area contributed by atoms with Crippen molar-refractivity contribution in [2.75, 3.05) is 5.43 Å². The van der Waals surface area contributed by atoms with Gasteiger partial charge in [0.1, 0.15) is 0 Å². The highest BCUT2D eigenvalue weighted by Gasteiger charge is 2.09. The zero-order chi connectivity index (χ0) is 15.7. The van der Waals surface area contributed by atoms with E-state index in [0.29, 0.717) is 22.0 Å². The second-order valence-corrected chi connectivity index (χ2v) is 4.91. The molecule has 0 radical (unpaired) electrons. The van der Waals surface area contributed by atoms with Crippen LogP contribution in [0.1, 0.15) is 17.3 Å². The van der Waals surface area contributed by atoms with Crippen molar-refractivity contribution in [3.8, 4) is 0 Å². The van der Waals surface area contributed by atoms with Crippen molar-refractivity contribution in [3.63, 3.8) is 0 Å². The van der Waals surface area contributed by atoms with Gasteiger partial charge in [0, 0.05) is 16.3 Å². The average Bonchev–Trinajstić information content (AvgIpc) is 2.78. The summed E-state index contributed by atoms with van der Waals surface area (Å²) < 4.78 is 0. The molecule has 0 spiro atoms. The van der Waals surface area contributed by atoms with Crippen LogP contribution in [0.25, 0.3) is 10.8 Å². The lowest BCUT2D eigenvalue weighted by Crippen LogP contribution is -2.32. The van der Waals surface area contributed by atoms with Crippen molar-refractivity contribution >= 4 is 22.2 Å². The highest BCUT2D eigenvalue weighted by molar-refractivity contribution is 5.94. The molecule has 3 aromatic carbocycles. The Hall–Kier alpha value is -3.08. The maximum atomic E-state index is 12.1. The summed E-state index contributed by atoms with van der Waals surface area (Å²) in [6, 6.07) is 13.3. The Balaban J connectivity index is 2.01. The van der Waals surface area contributed by atoms with Crippen LogP contribution in [-0.2, 0) is 0 Å². The molecule has 0 aliphatic rings. The van der Waals surface area contributed by atoms with Gasteiger partial charge in [-0.25, -0.2) is 0 Å². The molecule has 0 aliphatic heterocycles. The zero-order valence-corrected chi connectivity index (χ0v) is 11.8. The summed E-state index contributed by atoms with van der Waals surface area (Å²) in [4.78, 5) is 35.5. The molecule has 0 fully saturated rings. The molecule has 0 bridgehead atoms. The minimum atomic E-state index is -0.381. The van der Waals surface area contributed by atoms with Gasteiger partial charge >= 0.3 is 0 Å². The molecule has 0 aliphatic carbocycles. The molecule has 0 saturated carbocycles. The smallest absolute Gasteiger partial charge is 0.217 e. The number of Topliss-reactive ketones (excluding diaryl/α,β-unsaturated/α-hetero) is 1. The first-order chi connectivity index (χ1) is 10.6. The van der Waals surface area contributed by atoms with Gasteiger partial charge in [-0.15, -0.1) is 0 Å². The summed E-state index contributed by atoms with van der Waals surface area (Å²) in [7, 11) is 0. The Kier molecular flexibility index (Phi) is 3.39. The van der Waals surface area contributed by atoms with Gasteiger partial charge < -0.3 is 0 Å². The molecule has 0 amide bonds. The van der Waals surface area contributed by atoms with Crippen LogP contribution in [-0.4, -0.2) is 5.78 Å². The van der Waals surface area contributed by atoms with E-state index in [1.807, 2.05) is 0 Å². The quantitative estimate of drug-likeness (QED) is 0.587. The number of fused-ring (bicyclic) bond motifs is 1. The van der Waals surface area contributed by atoms with E-state index < -0.39 is 0 Å². The third-order valence-corrected chi connectivity index (χ3v) is 3.43. The molecule has 0 aromatic heterocycles. The molecule has 108 valence electrons. The minimum absolute atomic E-state index is 0.0329. The second kappa shape index (κ2) is 5.37. The number of benzene rings is 2. The number of hydrogen-bond acceptors (Lipinski definition) is 5. The molecule has 3 rings (SSSR count). The molecule has 0 unspecified atom stereocenters. The first-order valence-corrected chi connectivity index (χ1v) is 6.71. The molecule has 0 atom stereocenters. The lowest BCUT2D eigenvalue weighted by Gasteiger charge is -2.00.